The maximum absolute atomic E-state index is 10.9. The van der Waals surface area contributed by atoms with Gasteiger partial charge in [-0.25, -0.2) is 0 Å². The van der Waals surface area contributed by atoms with Gasteiger partial charge in [0.15, 0.2) is 0 Å². The number of allylic oxidation sites excluding steroid dienone is 4. The maximum Gasteiger partial charge on any atom is 0.307 e. The molecule has 0 radical (unpaired) electrons. The third-order valence-electron chi connectivity index (χ3n) is 3.51. The minimum atomic E-state index is -0.207. The monoisotopic (exact) mass is 206 g/mol. The Balaban J connectivity index is 2.20. The minimum absolute atomic E-state index is 0.207. The Hall–Kier alpha value is -1.05. The smallest absolute Gasteiger partial charge is 0.307 e. The van der Waals surface area contributed by atoms with E-state index in [4.69, 9.17) is 4.74 Å². The second-order valence-corrected chi connectivity index (χ2v) is 4.82. The highest BCUT2D eigenvalue weighted by Gasteiger charge is 2.33. The van der Waals surface area contributed by atoms with Crippen LogP contribution in [-0.2, 0) is 9.53 Å². The highest BCUT2D eigenvalue weighted by atomic mass is 16.5. The van der Waals surface area contributed by atoms with Crippen LogP contribution in [0, 0.1) is 5.41 Å². The molecule has 2 nitrogen and oxygen atoms in total. The second-order valence-electron chi connectivity index (χ2n) is 4.82. The number of hydrogen-bond donors (Lipinski definition) is 0. The van der Waals surface area contributed by atoms with Crippen LogP contribution in [0.4, 0.5) is 0 Å². The number of fused-ring (bicyclic) bond motifs is 1. The van der Waals surface area contributed by atoms with E-state index in [1.54, 1.807) is 0 Å². The zero-order chi connectivity index (χ0) is 10.9. The highest BCUT2D eigenvalue weighted by Crippen LogP contribution is 2.46. The van der Waals surface area contributed by atoms with Gasteiger partial charge in [0, 0.05) is 13.3 Å². The summed E-state index contributed by atoms with van der Waals surface area (Å²) in [5, 5.41) is 0. The van der Waals surface area contributed by atoms with Crippen LogP contribution in [0.15, 0.2) is 23.5 Å². The number of carbonyl (C=O) groups is 1. The molecule has 0 aromatic heterocycles. The fraction of sp³-hybridized carbons (Fsp3) is 0.615. The zero-order valence-electron chi connectivity index (χ0n) is 9.51. The van der Waals surface area contributed by atoms with Crippen molar-refractivity contribution in [3.8, 4) is 0 Å². The van der Waals surface area contributed by atoms with Crippen LogP contribution in [0.25, 0.3) is 0 Å². The van der Waals surface area contributed by atoms with E-state index >= 15 is 0 Å². The lowest BCUT2D eigenvalue weighted by Crippen LogP contribution is -2.25. The lowest BCUT2D eigenvalue weighted by atomic mass is 9.68. The molecule has 0 spiro atoms. The quantitative estimate of drug-likeness (QED) is 0.615. The first kappa shape index (κ1) is 10.5. The molecule has 2 heteroatoms. The average molecular weight is 206 g/mol. The van der Waals surface area contributed by atoms with E-state index in [1.165, 1.54) is 25.3 Å². The van der Waals surface area contributed by atoms with Gasteiger partial charge in [0.1, 0.15) is 5.76 Å². The SMILES string of the molecule is CC(=O)OC1=CC2=CCCC[C@@]2(C)CC1. The molecule has 15 heavy (non-hydrogen) atoms. The first-order valence-electron chi connectivity index (χ1n) is 5.70. The van der Waals surface area contributed by atoms with Crippen molar-refractivity contribution in [3.05, 3.63) is 23.5 Å². The molecule has 2 aliphatic rings. The van der Waals surface area contributed by atoms with Crippen molar-refractivity contribution in [2.75, 3.05) is 0 Å². The molecule has 0 bridgehead atoms. The van der Waals surface area contributed by atoms with E-state index in [0.717, 1.165) is 25.0 Å². The molecule has 0 N–H and O–H groups in total. The fourth-order valence-corrected chi connectivity index (χ4v) is 2.55. The Morgan fingerprint density at radius 2 is 2.27 bits per heavy atom. The summed E-state index contributed by atoms with van der Waals surface area (Å²) in [7, 11) is 0. The van der Waals surface area contributed by atoms with E-state index < -0.39 is 0 Å². The summed E-state index contributed by atoms with van der Waals surface area (Å²) in [6.07, 6.45) is 10.1. The van der Waals surface area contributed by atoms with Gasteiger partial charge in [0.05, 0.1) is 0 Å². The second kappa shape index (κ2) is 3.84. The molecule has 0 heterocycles. The van der Waals surface area contributed by atoms with E-state index in [2.05, 4.69) is 19.1 Å². The van der Waals surface area contributed by atoms with Crippen molar-refractivity contribution in [1.82, 2.24) is 0 Å². The first-order chi connectivity index (χ1) is 7.10. The molecule has 0 saturated heterocycles. The Morgan fingerprint density at radius 1 is 1.47 bits per heavy atom. The molecule has 0 aromatic rings. The van der Waals surface area contributed by atoms with Crippen molar-refractivity contribution in [2.24, 2.45) is 5.41 Å². The molecular weight excluding hydrogens is 188 g/mol. The van der Waals surface area contributed by atoms with Gasteiger partial charge in [-0.05, 0) is 42.7 Å². The molecule has 82 valence electrons. The number of carbonyl (C=O) groups excluding carboxylic acids is 1. The summed E-state index contributed by atoms with van der Waals surface area (Å²) < 4.78 is 5.17. The van der Waals surface area contributed by atoms with Gasteiger partial charge < -0.3 is 4.74 Å². The Kier molecular flexibility index (Phi) is 2.68. The maximum atomic E-state index is 10.9. The third-order valence-corrected chi connectivity index (χ3v) is 3.51. The van der Waals surface area contributed by atoms with Crippen LogP contribution in [0.5, 0.6) is 0 Å². The average Bonchev–Trinajstić information content (AvgIpc) is 2.17. The van der Waals surface area contributed by atoms with Crippen LogP contribution in [0.2, 0.25) is 0 Å². The Morgan fingerprint density at radius 3 is 3.00 bits per heavy atom. The summed E-state index contributed by atoms with van der Waals surface area (Å²) in [6, 6.07) is 0. The Labute approximate surface area is 91.0 Å². The molecule has 2 rings (SSSR count). The third kappa shape index (κ3) is 2.14. The van der Waals surface area contributed by atoms with Gasteiger partial charge in [0.25, 0.3) is 0 Å². The first-order valence-corrected chi connectivity index (χ1v) is 5.70. The van der Waals surface area contributed by atoms with E-state index in [0.29, 0.717) is 5.41 Å². The van der Waals surface area contributed by atoms with E-state index in [-0.39, 0.29) is 5.97 Å². The van der Waals surface area contributed by atoms with Crippen molar-refractivity contribution >= 4 is 5.97 Å². The molecule has 0 saturated carbocycles. The van der Waals surface area contributed by atoms with Crippen LogP contribution < -0.4 is 0 Å². The number of rotatable bonds is 1. The van der Waals surface area contributed by atoms with Gasteiger partial charge in [-0.15, -0.1) is 0 Å². The normalized spacial score (nSPS) is 30.0. The summed E-state index contributed by atoms with van der Waals surface area (Å²) in [4.78, 5) is 10.9. The Bertz CT molecular complexity index is 338. The van der Waals surface area contributed by atoms with Crippen molar-refractivity contribution in [1.29, 1.82) is 0 Å². The molecular formula is C13H18O2. The number of ether oxygens (including phenoxy) is 1. The van der Waals surface area contributed by atoms with E-state index in [1.807, 2.05) is 0 Å². The standard InChI is InChI=1S/C13H18O2/c1-10(14)15-12-6-8-13(2)7-4-3-5-11(13)9-12/h5,9H,3-4,6-8H2,1-2H3/t13-/m0/s1. The van der Waals surface area contributed by atoms with E-state index in [9.17, 15) is 4.79 Å². The molecule has 2 aliphatic carbocycles. The zero-order valence-corrected chi connectivity index (χ0v) is 9.51. The van der Waals surface area contributed by atoms with Crippen LogP contribution in [0.3, 0.4) is 0 Å². The summed E-state index contributed by atoms with van der Waals surface area (Å²) in [5.41, 5.74) is 1.71. The fourth-order valence-electron chi connectivity index (χ4n) is 2.55. The lowest BCUT2D eigenvalue weighted by molar-refractivity contribution is -0.137. The predicted molar refractivity (Wildman–Crippen MR) is 59.1 cm³/mol. The van der Waals surface area contributed by atoms with Crippen LogP contribution in [-0.4, -0.2) is 5.97 Å². The van der Waals surface area contributed by atoms with Gasteiger partial charge in [-0.3, -0.25) is 4.79 Å². The predicted octanol–water partition coefficient (Wildman–Crippen LogP) is 3.34. The largest absolute Gasteiger partial charge is 0.431 e. The molecule has 0 fully saturated rings. The van der Waals surface area contributed by atoms with Crippen molar-refractivity contribution < 1.29 is 9.53 Å². The lowest BCUT2D eigenvalue weighted by Gasteiger charge is -2.37. The van der Waals surface area contributed by atoms with Gasteiger partial charge >= 0.3 is 5.97 Å². The summed E-state index contributed by atoms with van der Waals surface area (Å²) in [5.74, 6) is 0.634. The van der Waals surface area contributed by atoms with Crippen molar-refractivity contribution in [2.45, 2.75) is 46.0 Å². The molecule has 0 aliphatic heterocycles. The summed E-state index contributed by atoms with van der Waals surface area (Å²) in [6.45, 7) is 3.78. The molecule has 0 amide bonds. The van der Waals surface area contributed by atoms with Crippen LogP contribution in [0.1, 0.15) is 46.0 Å². The summed E-state index contributed by atoms with van der Waals surface area (Å²) >= 11 is 0. The van der Waals surface area contributed by atoms with Crippen LogP contribution >= 0.6 is 0 Å². The topological polar surface area (TPSA) is 26.3 Å². The van der Waals surface area contributed by atoms with Gasteiger partial charge in [0.2, 0.25) is 0 Å². The molecule has 1 atom stereocenters. The van der Waals surface area contributed by atoms with Gasteiger partial charge in [-0.2, -0.15) is 0 Å². The van der Waals surface area contributed by atoms with Crippen molar-refractivity contribution in [3.63, 3.8) is 0 Å². The highest BCUT2D eigenvalue weighted by molar-refractivity contribution is 5.67. The van der Waals surface area contributed by atoms with Gasteiger partial charge in [-0.1, -0.05) is 13.0 Å². The molecule has 0 unspecified atom stereocenters. The number of esters is 1. The number of hydrogen-bond acceptors (Lipinski definition) is 2. The molecule has 0 aromatic carbocycles. The minimum Gasteiger partial charge on any atom is -0.431 e.